The Morgan fingerprint density at radius 3 is 2.78 bits per heavy atom. The van der Waals surface area contributed by atoms with E-state index < -0.39 is 0 Å². The Labute approximate surface area is 137 Å². The Morgan fingerprint density at radius 1 is 1.04 bits per heavy atom. The van der Waals surface area contributed by atoms with Gasteiger partial charge in [-0.05, 0) is 41.9 Å². The third kappa shape index (κ3) is 2.41. The molecule has 4 aromatic rings. The Morgan fingerprint density at radius 2 is 1.96 bits per heavy atom. The summed E-state index contributed by atoms with van der Waals surface area (Å²) in [4.78, 5) is 8.30. The van der Waals surface area contributed by atoms with Gasteiger partial charge in [-0.2, -0.15) is 5.10 Å². The molecule has 0 aliphatic rings. The maximum absolute atomic E-state index is 5.97. The number of nitrogen functional groups attached to an aromatic ring is 1. The van der Waals surface area contributed by atoms with Crippen molar-refractivity contribution in [3.8, 4) is 22.5 Å². The highest BCUT2D eigenvalue weighted by Gasteiger charge is 2.17. The van der Waals surface area contributed by atoms with Gasteiger partial charge in [0.1, 0.15) is 5.69 Å². The zero-order valence-electron chi connectivity index (χ0n) is 12.0. The molecule has 3 heterocycles. The van der Waals surface area contributed by atoms with Crippen LogP contribution in [0.15, 0.2) is 60.9 Å². The van der Waals surface area contributed by atoms with E-state index in [1.165, 1.54) is 0 Å². The lowest BCUT2D eigenvalue weighted by atomic mass is 10.0. The molecular weight excluding hydrogens is 310 g/mol. The van der Waals surface area contributed by atoms with Crippen LogP contribution in [0.25, 0.3) is 28.0 Å². The predicted molar refractivity (Wildman–Crippen MR) is 91.1 cm³/mol. The van der Waals surface area contributed by atoms with Crippen LogP contribution in [0, 0.1) is 0 Å². The van der Waals surface area contributed by atoms with Gasteiger partial charge in [-0.25, -0.2) is 14.5 Å². The summed E-state index contributed by atoms with van der Waals surface area (Å²) in [5, 5.41) is 4.89. The molecule has 0 unspecified atom stereocenters. The minimum absolute atomic E-state index is 0.205. The second-order valence-corrected chi connectivity index (χ2v) is 5.43. The Kier molecular flexibility index (Phi) is 3.20. The van der Waals surface area contributed by atoms with Crippen molar-refractivity contribution in [1.29, 1.82) is 0 Å². The molecule has 5 nitrogen and oxygen atoms in total. The van der Waals surface area contributed by atoms with Gasteiger partial charge < -0.3 is 5.73 Å². The first-order chi connectivity index (χ1) is 11.2. The van der Waals surface area contributed by atoms with Gasteiger partial charge in [-0.3, -0.25) is 0 Å². The maximum Gasteiger partial charge on any atom is 0.222 e. The molecule has 112 valence electrons. The number of hydrogen-bond donors (Lipinski definition) is 1. The lowest BCUT2D eigenvalue weighted by Gasteiger charge is -2.04. The molecule has 0 aliphatic carbocycles. The van der Waals surface area contributed by atoms with Crippen LogP contribution in [0.1, 0.15) is 0 Å². The van der Waals surface area contributed by atoms with Gasteiger partial charge in [-0.15, -0.1) is 0 Å². The molecule has 4 rings (SSSR count). The molecule has 0 bridgehead atoms. The summed E-state index contributed by atoms with van der Waals surface area (Å²) >= 11 is 5.97. The minimum atomic E-state index is 0.205. The summed E-state index contributed by atoms with van der Waals surface area (Å²) in [6, 6.07) is 15.3. The van der Waals surface area contributed by atoms with Crippen LogP contribution in [-0.2, 0) is 0 Å². The average molecular weight is 322 g/mol. The van der Waals surface area contributed by atoms with Crippen LogP contribution >= 0.6 is 11.6 Å². The number of nitrogens with two attached hydrogens (primary N) is 1. The van der Waals surface area contributed by atoms with Crippen molar-refractivity contribution in [2.45, 2.75) is 0 Å². The largest absolute Gasteiger partial charge is 0.399 e. The van der Waals surface area contributed by atoms with Gasteiger partial charge in [0.15, 0.2) is 0 Å². The van der Waals surface area contributed by atoms with Crippen molar-refractivity contribution >= 4 is 22.8 Å². The number of benzene rings is 1. The number of hydrogen-bond acceptors (Lipinski definition) is 4. The SMILES string of the molecule is Nc1cccc(-c2nn3ccccc3c2-c2ccnc(Cl)n2)c1. The first-order valence-corrected chi connectivity index (χ1v) is 7.42. The normalized spacial score (nSPS) is 11.0. The topological polar surface area (TPSA) is 69.1 Å². The molecule has 0 saturated carbocycles. The molecule has 23 heavy (non-hydrogen) atoms. The summed E-state index contributed by atoms with van der Waals surface area (Å²) in [6.07, 6.45) is 3.54. The van der Waals surface area contributed by atoms with Crippen LogP contribution in [0.4, 0.5) is 5.69 Å². The maximum atomic E-state index is 5.97. The fourth-order valence-corrected chi connectivity index (χ4v) is 2.76. The quantitative estimate of drug-likeness (QED) is 0.451. The van der Waals surface area contributed by atoms with E-state index in [1.807, 2.05) is 59.2 Å². The van der Waals surface area contributed by atoms with Crippen LogP contribution in [0.5, 0.6) is 0 Å². The van der Waals surface area contributed by atoms with E-state index in [2.05, 4.69) is 15.1 Å². The molecular formula is C17H12ClN5. The summed E-state index contributed by atoms with van der Waals surface area (Å²) in [6.45, 7) is 0. The van der Waals surface area contributed by atoms with E-state index in [-0.39, 0.29) is 5.28 Å². The lowest BCUT2D eigenvalue weighted by molar-refractivity contribution is 0.966. The Balaban J connectivity index is 2.06. The average Bonchev–Trinajstić information content (AvgIpc) is 2.94. The molecule has 0 fully saturated rings. The van der Waals surface area contributed by atoms with Crippen molar-refractivity contribution in [3.05, 3.63) is 66.2 Å². The van der Waals surface area contributed by atoms with Crippen molar-refractivity contribution < 1.29 is 0 Å². The summed E-state index contributed by atoms with van der Waals surface area (Å²) in [7, 11) is 0. The molecule has 0 aliphatic heterocycles. The van der Waals surface area contributed by atoms with Gasteiger partial charge in [0.25, 0.3) is 0 Å². The van der Waals surface area contributed by atoms with Gasteiger partial charge >= 0.3 is 0 Å². The number of pyridine rings is 1. The molecule has 0 radical (unpaired) electrons. The Bertz CT molecular complexity index is 1010. The van der Waals surface area contributed by atoms with Gasteiger partial charge in [0.2, 0.25) is 5.28 Å². The number of nitrogens with zero attached hydrogens (tertiary/aromatic N) is 4. The van der Waals surface area contributed by atoms with Crippen LogP contribution in [0.2, 0.25) is 5.28 Å². The zero-order valence-corrected chi connectivity index (χ0v) is 12.8. The van der Waals surface area contributed by atoms with Gasteiger partial charge in [0.05, 0.1) is 16.8 Å². The number of halogens is 1. The number of anilines is 1. The van der Waals surface area contributed by atoms with Crippen LogP contribution in [-0.4, -0.2) is 19.6 Å². The van der Waals surface area contributed by atoms with E-state index in [0.717, 1.165) is 28.0 Å². The molecule has 0 saturated heterocycles. The predicted octanol–water partition coefficient (Wildman–Crippen LogP) is 3.69. The summed E-state index contributed by atoms with van der Waals surface area (Å²) < 4.78 is 1.82. The number of fused-ring (bicyclic) bond motifs is 1. The highest BCUT2D eigenvalue weighted by Crippen LogP contribution is 2.34. The number of aromatic nitrogens is 4. The van der Waals surface area contributed by atoms with E-state index in [4.69, 9.17) is 17.3 Å². The summed E-state index contributed by atoms with van der Waals surface area (Å²) in [5.74, 6) is 0. The molecule has 1 aromatic carbocycles. The third-order valence-electron chi connectivity index (χ3n) is 3.58. The lowest BCUT2D eigenvalue weighted by Crippen LogP contribution is -1.90. The smallest absolute Gasteiger partial charge is 0.222 e. The summed E-state index contributed by atoms with van der Waals surface area (Å²) in [5.41, 5.74) is 10.9. The monoisotopic (exact) mass is 321 g/mol. The van der Waals surface area contributed by atoms with E-state index in [0.29, 0.717) is 5.69 Å². The van der Waals surface area contributed by atoms with E-state index in [9.17, 15) is 0 Å². The van der Waals surface area contributed by atoms with E-state index >= 15 is 0 Å². The van der Waals surface area contributed by atoms with Crippen LogP contribution in [0.3, 0.4) is 0 Å². The molecule has 0 amide bonds. The van der Waals surface area contributed by atoms with Crippen molar-refractivity contribution in [2.75, 3.05) is 5.73 Å². The fraction of sp³-hybridized carbons (Fsp3) is 0. The fourth-order valence-electron chi connectivity index (χ4n) is 2.61. The molecule has 3 aromatic heterocycles. The molecule has 0 atom stereocenters. The number of rotatable bonds is 2. The van der Waals surface area contributed by atoms with Crippen LogP contribution < -0.4 is 5.73 Å². The molecule has 6 heteroatoms. The van der Waals surface area contributed by atoms with Crippen molar-refractivity contribution in [2.24, 2.45) is 0 Å². The standard InChI is InChI=1S/C17H12ClN5/c18-17-20-8-7-13(21-17)15-14-6-1-2-9-23(14)22-16(15)11-4-3-5-12(19)10-11/h1-10H,19H2. The molecule has 0 spiro atoms. The van der Waals surface area contributed by atoms with Crippen molar-refractivity contribution in [1.82, 2.24) is 19.6 Å². The second-order valence-electron chi connectivity index (χ2n) is 5.09. The highest BCUT2D eigenvalue weighted by molar-refractivity contribution is 6.28. The first-order valence-electron chi connectivity index (χ1n) is 7.04. The third-order valence-corrected chi connectivity index (χ3v) is 3.76. The van der Waals surface area contributed by atoms with E-state index in [1.54, 1.807) is 6.20 Å². The zero-order chi connectivity index (χ0) is 15.8. The van der Waals surface area contributed by atoms with Gasteiger partial charge in [-0.1, -0.05) is 18.2 Å². The highest BCUT2D eigenvalue weighted by atomic mass is 35.5. The second kappa shape index (κ2) is 5.37. The van der Waals surface area contributed by atoms with Crippen molar-refractivity contribution in [3.63, 3.8) is 0 Å². The molecule has 2 N–H and O–H groups in total. The first kappa shape index (κ1) is 13.7. The Hall–Kier alpha value is -2.92. The van der Waals surface area contributed by atoms with Gasteiger partial charge in [0, 0.05) is 23.6 Å². The minimum Gasteiger partial charge on any atom is -0.399 e.